The number of esters is 5. The second-order valence-corrected chi connectivity index (χ2v) is 26.2. The number of methoxy groups -OCH3 is 5. The van der Waals surface area contributed by atoms with Gasteiger partial charge in [-0.3, -0.25) is 47.4 Å². The quantitative estimate of drug-likeness (QED) is 0.0442. The van der Waals surface area contributed by atoms with Gasteiger partial charge in [-0.05, 0) is 105 Å². The van der Waals surface area contributed by atoms with Gasteiger partial charge in [-0.1, -0.05) is 181 Å². The van der Waals surface area contributed by atoms with E-state index in [4.69, 9.17) is 24.0 Å². The van der Waals surface area contributed by atoms with E-state index >= 15 is 0 Å². The molecular formula is C90H77F5N10O11. The lowest BCUT2D eigenvalue weighted by Gasteiger charge is -2.12. The average molecular weight is 1570 g/mol. The smallest absolute Gasteiger partial charge is 0.327 e. The molecule has 0 atom stereocenters. The third-order valence-electron chi connectivity index (χ3n) is 18.8. The Kier molecular flexibility index (Phi) is 26.0. The normalized spacial score (nSPS) is 10.8. The maximum atomic E-state index is 14.0. The number of carbonyl (C=O) groups excluding carboxylic acids is 5. The zero-order valence-electron chi connectivity index (χ0n) is 64.3. The van der Waals surface area contributed by atoms with Gasteiger partial charge in [-0.15, -0.1) is 0 Å². The van der Waals surface area contributed by atoms with Crippen molar-refractivity contribution in [2.24, 2.45) is 0 Å². The number of fused-ring (bicyclic) bond motifs is 5. The number of ether oxygens (including phenoxy) is 6. The first-order valence-electron chi connectivity index (χ1n) is 36.3. The van der Waals surface area contributed by atoms with Gasteiger partial charge in [0, 0.05) is 54.7 Å². The Labute approximate surface area is 662 Å². The summed E-state index contributed by atoms with van der Waals surface area (Å²) in [7, 11) is 6.65. The zero-order valence-corrected chi connectivity index (χ0v) is 64.3. The van der Waals surface area contributed by atoms with Crippen LogP contribution >= 0.6 is 0 Å². The Hall–Kier alpha value is -14.4. The maximum absolute atomic E-state index is 14.0. The fourth-order valence-corrected chi connectivity index (χ4v) is 12.9. The van der Waals surface area contributed by atoms with Crippen LogP contribution in [-0.2, 0) is 87.0 Å². The van der Waals surface area contributed by atoms with Crippen LogP contribution in [0.25, 0.3) is 111 Å². The molecule has 0 aliphatic heterocycles. The van der Waals surface area contributed by atoms with Crippen LogP contribution in [0.2, 0.25) is 0 Å². The van der Waals surface area contributed by atoms with Gasteiger partial charge in [-0.2, -0.15) is 25.5 Å². The van der Waals surface area contributed by atoms with Crippen LogP contribution in [0.5, 0.6) is 5.75 Å². The van der Waals surface area contributed by atoms with E-state index in [1.54, 1.807) is 68.6 Å². The van der Waals surface area contributed by atoms with Crippen molar-refractivity contribution in [2.75, 3.05) is 35.5 Å². The molecule has 0 radical (unpaired) electrons. The standard InChI is InChI=1S/C24H22N2O3.C17H15FN2O2.C17H16N2O2.2C16H12F2N2O2/c1-17-19(12-8-14-22(17)29-16-18-9-4-3-5-10-18)24-20-11-6-7-13-21(20)26(25-24)15-23(27)28-2;1-11-7-8-12(18)9-14(11)17-13-5-3-4-6-15(13)20(19-17)10-16(21)22-2;1-12-7-9-13(10-8-12)17-14-5-3-4-6-15(14)19(18-17)11-16(20)21-2;1-22-14(21)9-20-13-8-3-2-5-10(13)16(19-20)15-11(17)6-4-7-12(15)18;1-22-14(21)9-20-13-8-3-2-5-10(13)16(19-20)11-6-4-7-12(17)15(11)18/h3-14H,15-16H2,1-2H3;3-9H,10H2,1-2H3;3-10H,11H2,1-2H3;2*2-8H,9H2,1H3. The van der Waals surface area contributed by atoms with E-state index in [-0.39, 0.29) is 79.0 Å². The Bertz CT molecular complexity index is 6140. The topological polar surface area (TPSA) is 230 Å². The largest absolute Gasteiger partial charge is 0.489 e. The van der Waals surface area contributed by atoms with Gasteiger partial charge in [0.2, 0.25) is 0 Å². The number of benzene rings is 11. The summed E-state index contributed by atoms with van der Waals surface area (Å²) in [6.07, 6.45) is 0. The molecule has 0 saturated heterocycles. The van der Waals surface area contributed by atoms with Crippen LogP contribution in [-0.4, -0.2) is 114 Å². The second kappa shape index (κ2) is 37.3. The van der Waals surface area contributed by atoms with E-state index in [9.17, 15) is 45.9 Å². The highest BCUT2D eigenvalue weighted by atomic mass is 19.2. The molecule has 11 aromatic carbocycles. The van der Waals surface area contributed by atoms with Crippen LogP contribution in [0.4, 0.5) is 22.0 Å². The van der Waals surface area contributed by atoms with E-state index in [2.05, 4.69) is 48.9 Å². The van der Waals surface area contributed by atoms with Gasteiger partial charge in [0.15, 0.2) is 11.6 Å². The third-order valence-corrected chi connectivity index (χ3v) is 18.8. The van der Waals surface area contributed by atoms with Gasteiger partial charge in [0.05, 0.1) is 68.7 Å². The molecule has 116 heavy (non-hydrogen) atoms. The lowest BCUT2D eigenvalue weighted by Crippen LogP contribution is -2.12. The average Bonchev–Trinajstić information content (AvgIpc) is 1.65. The minimum Gasteiger partial charge on any atom is -0.489 e. The minimum atomic E-state index is -0.962. The highest BCUT2D eigenvalue weighted by Gasteiger charge is 2.24. The monoisotopic (exact) mass is 1570 g/mol. The van der Waals surface area contributed by atoms with E-state index in [1.165, 1.54) is 92.9 Å². The van der Waals surface area contributed by atoms with Crippen LogP contribution in [0.15, 0.2) is 249 Å². The summed E-state index contributed by atoms with van der Waals surface area (Å²) >= 11 is 0. The number of aryl methyl sites for hydroxylation is 2. The van der Waals surface area contributed by atoms with Gasteiger partial charge >= 0.3 is 29.8 Å². The fourth-order valence-electron chi connectivity index (χ4n) is 12.9. The molecule has 16 rings (SSSR count). The number of hydrogen-bond donors (Lipinski definition) is 0. The van der Waals surface area contributed by atoms with Gasteiger partial charge in [0.25, 0.3) is 0 Å². The summed E-state index contributed by atoms with van der Waals surface area (Å²) in [6, 6.07) is 73.8. The number of carbonyl (C=O) groups is 5. The number of halogens is 5. The third kappa shape index (κ3) is 18.5. The molecule has 0 saturated carbocycles. The van der Waals surface area contributed by atoms with Gasteiger partial charge < -0.3 is 28.4 Å². The van der Waals surface area contributed by atoms with Crippen LogP contribution < -0.4 is 4.74 Å². The van der Waals surface area contributed by atoms with Crippen LogP contribution in [0.1, 0.15) is 22.3 Å². The van der Waals surface area contributed by atoms with E-state index in [1.807, 2.05) is 147 Å². The first-order chi connectivity index (χ1) is 56.2. The van der Waals surface area contributed by atoms with E-state index in [0.29, 0.717) is 34.1 Å². The summed E-state index contributed by atoms with van der Waals surface area (Å²) in [5.41, 5.74) is 13.6. The van der Waals surface area contributed by atoms with Crippen molar-refractivity contribution in [3.05, 3.63) is 300 Å². The molecule has 21 nitrogen and oxygen atoms in total. The lowest BCUT2D eigenvalue weighted by molar-refractivity contribution is -0.142. The van der Waals surface area contributed by atoms with Crippen molar-refractivity contribution in [3.63, 3.8) is 0 Å². The summed E-state index contributed by atoms with van der Waals surface area (Å²) in [5, 5.41) is 26.4. The molecular weight excluding hydrogens is 1490 g/mol. The molecule has 5 aromatic heterocycles. The Morgan fingerprint density at radius 1 is 0.328 bits per heavy atom. The predicted octanol–water partition coefficient (Wildman–Crippen LogP) is 17.6. The molecule has 0 bridgehead atoms. The number of nitrogens with zero attached hydrogens (tertiary/aromatic N) is 10. The molecule has 0 aliphatic rings. The highest BCUT2D eigenvalue weighted by molar-refractivity contribution is 5.99. The van der Waals surface area contributed by atoms with Crippen LogP contribution in [0, 0.1) is 49.9 Å². The maximum Gasteiger partial charge on any atom is 0.327 e. The molecule has 588 valence electrons. The van der Waals surface area contributed by atoms with Crippen molar-refractivity contribution in [1.29, 1.82) is 0 Å². The van der Waals surface area contributed by atoms with Gasteiger partial charge in [0.1, 0.15) is 91.0 Å². The fraction of sp³-hybridized carbons (Fsp3) is 0.156. The lowest BCUT2D eigenvalue weighted by atomic mass is 10.0. The minimum absolute atomic E-state index is 0.0192. The van der Waals surface area contributed by atoms with Gasteiger partial charge in [-0.25, -0.2) is 22.0 Å². The molecule has 16 aromatic rings. The molecule has 0 N–H and O–H groups in total. The van der Waals surface area contributed by atoms with Crippen molar-refractivity contribution in [1.82, 2.24) is 48.9 Å². The first-order valence-corrected chi connectivity index (χ1v) is 36.3. The Morgan fingerprint density at radius 2 is 0.672 bits per heavy atom. The van der Waals surface area contributed by atoms with Crippen molar-refractivity contribution >= 4 is 84.4 Å². The number of aromatic nitrogens is 10. The first kappa shape index (κ1) is 81.1. The van der Waals surface area contributed by atoms with Crippen molar-refractivity contribution in [2.45, 2.75) is 60.1 Å². The Morgan fingerprint density at radius 3 is 1.11 bits per heavy atom. The second-order valence-electron chi connectivity index (χ2n) is 26.2. The van der Waals surface area contributed by atoms with Crippen LogP contribution in [0.3, 0.4) is 0 Å². The summed E-state index contributed by atoms with van der Waals surface area (Å²) < 4.78 is 106. The van der Waals surface area contributed by atoms with E-state index < -0.39 is 35.2 Å². The molecule has 5 heterocycles. The van der Waals surface area contributed by atoms with Crippen molar-refractivity contribution < 1.29 is 74.3 Å². The number of para-hydroxylation sites is 5. The number of rotatable bonds is 18. The summed E-state index contributed by atoms with van der Waals surface area (Å²) in [5.74, 6) is -4.78. The number of hydrogen-bond acceptors (Lipinski definition) is 16. The molecule has 0 fully saturated rings. The Balaban J connectivity index is 0.000000134. The molecule has 0 spiro atoms. The molecule has 0 aliphatic carbocycles. The summed E-state index contributed by atoms with van der Waals surface area (Å²) in [4.78, 5) is 57.8. The predicted molar refractivity (Wildman–Crippen MR) is 431 cm³/mol. The van der Waals surface area contributed by atoms with Crippen molar-refractivity contribution in [3.8, 4) is 62.0 Å². The molecule has 0 unspecified atom stereocenters. The zero-order chi connectivity index (χ0) is 82.1. The molecule has 26 heteroatoms. The highest BCUT2D eigenvalue weighted by Crippen LogP contribution is 2.38. The molecule has 0 amide bonds. The van der Waals surface area contributed by atoms with E-state index in [0.717, 1.165) is 89.3 Å². The summed E-state index contributed by atoms with van der Waals surface area (Å²) in [6.45, 7) is 6.46. The SMILES string of the molecule is COC(=O)Cn1nc(-c2c(F)cccc2F)c2ccccc21.COC(=O)Cn1nc(-c2cc(F)ccc2C)c2ccccc21.COC(=O)Cn1nc(-c2ccc(C)cc2)c2ccccc21.COC(=O)Cn1nc(-c2cccc(F)c2F)c2ccccc21.COC(=O)Cn1nc(-c2cccc(OCc3ccccc3)c2C)c2ccccc21.